The van der Waals surface area contributed by atoms with Gasteiger partial charge in [0.1, 0.15) is 0 Å². The number of benzene rings is 1. The van der Waals surface area contributed by atoms with Gasteiger partial charge in [0, 0.05) is 11.8 Å². The molecule has 17 heavy (non-hydrogen) atoms. The minimum atomic E-state index is -0.168. The van der Waals surface area contributed by atoms with Crippen LogP contribution in [0.1, 0.15) is 13.8 Å². The lowest BCUT2D eigenvalue weighted by atomic mass is 10.2. The summed E-state index contributed by atoms with van der Waals surface area (Å²) in [4.78, 5) is 11.4. The fourth-order valence-corrected chi connectivity index (χ4v) is 1.36. The molecule has 0 radical (unpaired) electrons. The molecule has 4 nitrogen and oxygen atoms in total. The van der Waals surface area contributed by atoms with Crippen LogP contribution in [0, 0.1) is 0 Å². The molecule has 0 saturated carbocycles. The van der Waals surface area contributed by atoms with Crippen LogP contribution < -0.4 is 14.8 Å². The molecule has 0 atom stereocenters. The second-order valence-corrected chi connectivity index (χ2v) is 3.29. The van der Waals surface area contributed by atoms with Crippen LogP contribution in [0.25, 0.3) is 0 Å². The zero-order valence-corrected chi connectivity index (χ0v) is 10.3. The maximum Gasteiger partial charge on any atom is 0.248 e. The number of anilines is 1. The molecule has 0 aliphatic carbocycles. The molecule has 0 bridgehead atoms. The Hall–Kier alpha value is -1.97. The number of carbonyl (C=O) groups is 1. The minimum absolute atomic E-state index is 0.168. The van der Waals surface area contributed by atoms with Crippen molar-refractivity contribution in [1.82, 2.24) is 0 Å². The summed E-state index contributed by atoms with van der Waals surface area (Å²) in [5.74, 6) is 1.10. The molecule has 1 N–H and O–H groups in total. The molecule has 1 aromatic carbocycles. The minimum Gasteiger partial charge on any atom is -0.493 e. The standard InChI is InChI=1S/C13H17NO3/c1-4-6-13(15)14-10-7-8-11(17-5-2)12(9-10)16-3/h4,6-9H,5H2,1-3H3,(H,14,15). The van der Waals surface area contributed by atoms with Gasteiger partial charge in [-0.2, -0.15) is 0 Å². The first-order valence-corrected chi connectivity index (χ1v) is 5.45. The number of ether oxygens (including phenoxy) is 2. The molecule has 4 heteroatoms. The van der Waals surface area contributed by atoms with E-state index in [1.807, 2.05) is 6.92 Å². The fourth-order valence-electron chi connectivity index (χ4n) is 1.36. The third-order valence-corrected chi connectivity index (χ3v) is 2.05. The van der Waals surface area contributed by atoms with Crippen molar-refractivity contribution in [2.45, 2.75) is 13.8 Å². The third-order valence-electron chi connectivity index (χ3n) is 2.05. The maximum atomic E-state index is 11.4. The predicted octanol–water partition coefficient (Wildman–Crippen LogP) is 2.61. The Kier molecular flexibility index (Phi) is 5.07. The zero-order valence-electron chi connectivity index (χ0n) is 10.3. The monoisotopic (exact) mass is 235 g/mol. The topological polar surface area (TPSA) is 47.6 Å². The Bertz CT molecular complexity index is 413. The van der Waals surface area contributed by atoms with E-state index in [1.54, 1.807) is 38.3 Å². The van der Waals surface area contributed by atoms with E-state index >= 15 is 0 Å². The summed E-state index contributed by atoms with van der Waals surface area (Å²) >= 11 is 0. The largest absolute Gasteiger partial charge is 0.493 e. The fraction of sp³-hybridized carbons (Fsp3) is 0.308. The quantitative estimate of drug-likeness (QED) is 0.798. The van der Waals surface area contributed by atoms with E-state index in [0.717, 1.165) is 0 Å². The Morgan fingerprint density at radius 2 is 2.18 bits per heavy atom. The number of amides is 1. The van der Waals surface area contributed by atoms with Gasteiger partial charge in [0.2, 0.25) is 5.91 Å². The van der Waals surface area contributed by atoms with Gasteiger partial charge in [-0.3, -0.25) is 4.79 Å². The summed E-state index contributed by atoms with van der Waals surface area (Å²) in [7, 11) is 1.56. The average Bonchev–Trinajstić information content (AvgIpc) is 2.31. The van der Waals surface area contributed by atoms with Crippen molar-refractivity contribution < 1.29 is 14.3 Å². The Morgan fingerprint density at radius 1 is 1.41 bits per heavy atom. The van der Waals surface area contributed by atoms with Gasteiger partial charge >= 0.3 is 0 Å². The molecular formula is C13H17NO3. The van der Waals surface area contributed by atoms with Crippen molar-refractivity contribution in [1.29, 1.82) is 0 Å². The molecule has 1 aromatic rings. The van der Waals surface area contributed by atoms with Gasteiger partial charge in [0.15, 0.2) is 11.5 Å². The first-order chi connectivity index (χ1) is 8.21. The van der Waals surface area contributed by atoms with Crippen LogP contribution in [0.3, 0.4) is 0 Å². The number of carbonyl (C=O) groups excluding carboxylic acids is 1. The van der Waals surface area contributed by atoms with E-state index in [-0.39, 0.29) is 5.91 Å². The van der Waals surface area contributed by atoms with Gasteiger partial charge in [0.05, 0.1) is 13.7 Å². The van der Waals surface area contributed by atoms with Crippen molar-refractivity contribution >= 4 is 11.6 Å². The van der Waals surface area contributed by atoms with Crippen molar-refractivity contribution in [2.24, 2.45) is 0 Å². The molecule has 0 aliphatic heterocycles. The predicted molar refractivity (Wildman–Crippen MR) is 67.6 cm³/mol. The summed E-state index contributed by atoms with van der Waals surface area (Å²) < 4.78 is 10.6. The van der Waals surface area contributed by atoms with E-state index in [4.69, 9.17) is 9.47 Å². The molecule has 0 aromatic heterocycles. The molecule has 0 spiro atoms. The van der Waals surface area contributed by atoms with Crippen LogP contribution in [-0.4, -0.2) is 19.6 Å². The Balaban J connectivity index is 2.85. The van der Waals surface area contributed by atoms with Gasteiger partial charge in [-0.25, -0.2) is 0 Å². The lowest BCUT2D eigenvalue weighted by Gasteiger charge is -2.11. The molecule has 1 rings (SSSR count). The van der Waals surface area contributed by atoms with Crippen molar-refractivity contribution in [2.75, 3.05) is 19.0 Å². The lowest BCUT2D eigenvalue weighted by Crippen LogP contribution is -2.08. The second kappa shape index (κ2) is 6.58. The summed E-state index contributed by atoms with van der Waals surface area (Å²) in [5, 5.41) is 2.73. The summed E-state index contributed by atoms with van der Waals surface area (Å²) in [6.45, 7) is 4.26. The van der Waals surface area contributed by atoms with Gasteiger partial charge in [-0.05, 0) is 32.1 Å². The highest BCUT2D eigenvalue weighted by Gasteiger charge is 2.06. The van der Waals surface area contributed by atoms with Crippen molar-refractivity contribution in [3.05, 3.63) is 30.4 Å². The second-order valence-electron chi connectivity index (χ2n) is 3.29. The van der Waals surface area contributed by atoms with Crippen LogP contribution in [0.15, 0.2) is 30.4 Å². The number of allylic oxidation sites excluding steroid dienone is 1. The normalized spacial score (nSPS) is 10.3. The Morgan fingerprint density at radius 3 is 2.76 bits per heavy atom. The Labute approximate surface area is 101 Å². The number of hydrogen-bond acceptors (Lipinski definition) is 3. The molecule has 0 saturated heterocycles. The number of methoxy groups -OCH3 is 1. The SMILES string of the molecule is CC=CC(=O)Nc1ccc(OCC)c(OC)c1. The third kappa shape index (κ3) is 3.83. The van der Waals surface area contributed by atoms with Gasteiger partial charge in [0.25, 0.3) is 0 Å². The summed E-state index contributed by atoms with van der Waals surface area (Å²) in [6.07, 6.45) is 3.14. The number of hydrogen-bond donors (Lipinski definition) is 1. The van der Waals surface area contributed by atoms with Gasteiger partial charge in [-0.1, -0.05) is 6.08 Å². The smallest absolute Gasteiger partial charge is 0.248 e. The molecular weight excluding hydrogens is 218 g/mol. The van der Waals surface area contributed by atoms with Crippen molar-refractivity contribution in [3.8, 4) is 11.5 Å². The average molecular weight is 235 g/mol. The van der Waals surface area contributed by atoms with Crippen LogP contribution in [-0.2, 0) is 4.79 Å². The zero-order chi connectivity index (χ0) is 12.7. The highest BCUT2D eigenvalue weighted by atomic mass is 16.5. The summed E-state index contributed by atoms with van der Waals surface area (Å²) in [6, 6.07) is 5.27. The maximum absolute atomic E-state index is 11.4. The molecule has 0 aliphatic rings. The van der Waals surface area contributed by atoms with Crippen LogP contribution >= 0.6 is 0 Å². The van der Waals surface area contributed by atoms with Gasteiger partial charge < -0.3 is 14.8 Å². The molecule has 0 unspecified atom stereocenters. The lowest BCUT2D eigenvalue weighted by molar-refractivity contribution is -0.111. The van der Waals surface area contributed by atoms with Crippen LogP contribution in [0.5, 0.6) is 11.5 Å². The number of nitrogens with one attached hydrogen (secondary N) is 1. The van der Waals surface area contributed by atoms with E-state index < -0.39 is 0 Å². The molecule has 0 heterocycles. The first-order valence-electron chi connectivity index (χ1n) is 5.45. The highest BCUT2D eigenvalue weighted by molar-refractivity contribution is 5.99. The van der Waals surface area contributed by atoms with Crippen molar-refractivity contribution in [3.63, 3.8) is 0 Å². The molecule has 1 amide bonds. The van der Waals surface area contributed by atoms with E-state index in [9.17, 15) is 4.79 Å². The number of rotatable bonds is 5. The van der Waals surface area contributed by atoms with Gasteiger partial charge in [-0.15, -0.1) is 0 Å². The van der Waals surface area contributed by atoms with Crippen LogP contribution in [0.2, 0.25) is 0 Å². The molecule has 92 valence electrons. The van der Waals surface area contributed by atoms with Crippen LogP contribution in [0.4, 0.5) is 5.69 Å². The first kappa shape index (κ1) is 13.1. The van der Waals surface area contributed by atoms with E-state index in [0.29, 0.717) is 23.8 Å². The molecule has 0 fully saturated rings. The van der Waals surface area contributed by atoms with E-state index in [2.05, 4.69) is 5.32 Å². The highest BCUT2D eigenvalue weighted by Crippen LogP contribution is 2.30. The summed E-state index contributed by atoms with van der Waals surface area (Å²) in [5.41, 5.74) is 0.674. The van der Waals surface area contributed by atoms with E-state index in [1.165, 1.54) is 6.08 Å².